The average Bonchev–Trinajstić information content (AvgIpc) is 3.29. The van der Waals surface area contributed by atoms with E-state index in [0.717, 1.165) is 14.4 Å². The topological polar surface area (TPSA) is 58.6 Å². The highest BCUT2D eigenvalue weighted by Crippen LogP contribution is 2.25. The van der Waals surface area contributed by atoms with Crippen LogP contribution in [-0.4, -0.2) is 41.5 Å². The zero-order valence-corrected chi connectivity index (χ0v) is 17.2. The molecule has 2 amide bonds. The molecule has 1 unspecified atom stereocenters. The highest BCUT2D eigenvalue weighted by Gasteiger charge is 2.33. The summed E-state index contributed by atoms with van der Waals surface area (Å²) in [5.74, 6) is 1.49. The van der Waals surface area contributed by atoms with Gasteiger partial charge in [-0.15, -0.1) is 23.1 Å². The Morgan fingerprint density at radius 2 is 2.04 bits per heavy atom. The maximum Gasteiger partial charge on any atom is 0.248 e. The van der Waals surface area contributed by atoms with Gasteiger partial charge in [0.15, 0.2) is 0 Å². The Morgan fingerprint density at radius 1 is 1.27 bits per heavy atom. The van der Waals surface area contributed by atoms with Gasteiger partial charge >= 0.3 is 0 Å². The second-order valence-corrected chi connectivity index (χ2v) is 9.01. The smallest absolute Gasteiger partial charge is 0.248 e. The Bertz CT molecular complexity index is 820. The zero-order valence-electron chi connectivity index (χ0n) is 14.0. The molecule has 1 aromatic heterocycles. The van der Waals surface area contributed by atoms with Crippen LogP contribution in [0.1, 0.15) is 4.88 Å². The lowest BCUT2D eigenvalue weighted by Crippen LogP contribution is -2.43. The van der Waals surface area contributed by atoms with Crippen LogP contribution in [0.25, 0.3) is 6.08 Å². The summed E-state index contributed by atoms with van der Waals surface area (Å²) < 4.78 is 6.12. The van der Waals surface area contributed by atoms with E-state index in [9.17, 15) is 9.59 Å². The third kappa shape index (κ3) is 4.69. The van der Waals surface area contributed by atoms with Crippen molar-refractivity contribution < 1.29 is 14.3 Å². The summed E-state index contributed by atoms with van der Waals surface area (Å²) in [6, 6.07) is 10.5. The van der Waals surface area contributed by atoms with Gasteiger partial charge in [0, 0.05) is 22.4 Å². The van der Waals surface area contributed by atoms with Crippen LogP contribution in [-0.2, 0) is 9.59 Å². The van der Waals surface area contributed by atoms with E-state index in [1.165, 1.54) is 6.08 Å². The quantitative estimate of drug-likeness (QED) is 0.694. The van der Waals surface area contributed by atoms with Crippen molar-refractivity contribution in [1.29, 1.82) is 0 Å². The van der Waals surface area contributed by atoms with Gasteiger partial charge in [0.2, 0.25) is 11.8 Å². The van der Waals surface area contributed by atoms with Gasteiger partial charge < -0.3 is 15.0 Å². The van der Waals surface area contributed by atoms with Crippen LogP contribution in [0.15, 0.2) is 46.3 Å². The first-order valence-electron chi connectivity index (χ1n) is 7.83. The fourth-order valence-corrected chi connectivity index (χ4v) is 4.93. The fraction of sp³-hybridized carbons (Fsp3) is 0.222. The second-order valence-electron chi connectivity index (χ2n) is 5.52. The van der Waals surface area contributed by atoms with E-state index in [4.69, 9.17) is 4.74 Å². The molecule has 1 aromatic carbocycles. The number of rotatable bonds is 5. The normalized spacial score (nSPS) is 16.8. The Hall–Kier alpha value is -1.77. The molecule has 1 atom stereocenters. The summed E-state index contributed by atoms with van der Waals surface area (Å²) in [6.45, 7) is 0. The molecule has 2 aromatic rings. The minimum atomic E-state index is -0.477. The van der Waals surface area contributed by atoms with Crippen LogP contribution in [0.5, 0.6) is 5.75 Å². The molecule has 1 aliphatic heterocycles. The van der Waals surface area contributed by atoms with Gasteiger partial charge in [-0.3, -0.25) is 9.59 Å². The Labute approximate surface area is 168 Å². The highest BCUT2D eigenvalue weighted by atomic mass is 79.9. The third-order valence-corrected chi connectivity index (χ3v) is 6.41. The summed E-state index contributed by atoms with van der Waals surface area (Å²) in [5, 5.41) is 2.87. The lowest BCUT2D eigenvalue weighted by atomic mass is 10.2. The number of anilines is 1. The maximum absolute atomic E-state index is 12.6. The van der Waals surface area contributed by atoms with Crippen LogP contribution in [0.4, 0.5) is 5.69 Å². The highest BCUT2D eigenvalue weighted by molar-refractivity contribution is 9.11. The molecule has 5 nitrogen and oxygen atoms in total. The molecule has 0 saturated carbocycles. The first kappa shape index (κ1) is 19.0. The number of ether oxygens (including phenoxy) is 1. The van der Waals surface area contributed by atoms with Crippen LogP contribution in [0, 0.1) is 0 Å². The SMILES string of the molecule is COc1ccc(NC(=O)C2CSCN2C(=O)/C=C/c2ccc(Br)s2)cc1. The number of carbonyl (C=O) groups excluding carboxylic acids is 2. The molecule has 0 radical (unpaired) electrons. The number of hydrogen-bond donors (Lipinski definition) is 1. The zero-order chi connectivity index (χ0) is 18.5. The minimum absolute atomic E-state index is 0.158. The van der Waals surface area contributed by atoms with E-state index in [1.54, 1.807) is 65.4 Å². The Balaban J connectivity index is 1.63. The van der Waals surface area contributed by atoms with Crippen molar-refractivity contribution in [2.24, 2.45) is 0 Å². The van der Waals surface area contributed by atoms with Gasteiger partial charge in [-0.1, -0.05) is 0 Å². The Kier molecular flexibility index (Phi) is 6.39. The molecule has 1 fully saturated rings. The molecule has 1 N–H and O–H groups in total. The van der Waals surface area contributed by atoms with Gasteiger partial charge in [-0.2, -0.15) is 0 Å². The van der Waals surface area contributed by atoms with E-state index in [2.05, 4.69) is 21.2 Å². The molecule has 0 aliphatic carbocycles. The lowest BCUT2D eigenvalue weighted by Gasteiger charge is -2.21. The second kappa shape index (κ2) is 8.75. The minimum Gasteiger partial charge on any atom is -0.497 e. The van der Waals surface area contributed by atoms with Crippen molar-refractivity contribution in [2.45, 2.75) is 6.04 Å². The van der Waals surface area contributed by atoms with Gasteiger partial charge in [0.25, 0.3) is 0 Å². The summed E-state index contributed by atoms with van der Waals surface area (Å²) in [6.07, 6.45) is 3.30. The van der Waals surface area contributed by atoms with Gasteiger partial charge in [0.05, 0.1) is 16.8 Å². The van der Waals surface area contributed by atoms with Gasteiger partial charge in [-0.05, 0) is 58.4 Å². The van der Waals surface area contributed by atoms with E-state index < -0.39 is 6.04 Å². The van der Waals surface area contributed by atoms with Gasteiger partial charge in [-0.25, -0.2) is 0 Å². The largest absolute Gasteiger partial charge is 0.497 e. The summed E-state index contributed by atoms with van der Waals surface area (Å²) in [4.78, 5) is 27.7. The number of carbonyl (C=O) groups is 2. The molecule has 1 saturated heterocycles. The third-order valence-electron chi connectivity index (χ3n) is 3.81. The molecular formula is C18H17BrN2O3S2. The number of nitrogens with zero attached hydrogens (tertiary/aromatic N) is 1. The van der Waals surface area contributed by atoms with Crippen LogP contribution >= 0.6 is 39.0 Å². The molecule has 0 bridgehead atoms. The van der Waals surface area contributed by atoms with E-state index >= 15 is 0 Å². The van der Waals surface area contributed by atoms with Crippen LogP contribution in [0.2, 0.25) is 0 Å². The van der Waals surface area contributed by atoms with Crippen molar-refractivity contribution in [3.63, 3.8) is 0 Å². The molecule has 136 valence electrons. The molecular weight excluding hydrogens is 436 g/mol. The number of benzene rings is 1. The number of hydrogen-bond acceptors (Lipinski definition) is 5. The van der Waals surface area contributed by atoms with Crippen LogP contribution in [0.3, 0.4) is 0 Å². The first-order valence-corrected chi connectivity index (χ1v) is 10.6. The predicted octanol–water partition coefficient (Wildman–Crippen LogP) is 4.07. The van der Waals surface area contributed by atoms with Crippen molar-refractivity contribution in [3.8, 4) is 5.75 Å². The number of amides is 2. The van der Waals surface area contributed by atoms with Crippen molar-refractivity contribution in [3.05, 3.63) is 51.1 Å². The summed E-state index contributed by atoms with van der Waals surface area (Å²) in [5.41, 5.74) is 0.680. The molecule has 1 aliphatic rings. The van der Waals surface area contributed by atoms with Crippen molar-refractivity contribution in [2.75, 3.05) is 24.1 Å². The summed E-state index contributed by atoms with van der Waals surface area (Å²) >= 11 is 6.52. The lowest BCUT2D eigenvalue weighted by molar-refractivity contribution is -0.132. The number of methoxy groups -OCH3 is 1. The number of thioether (sulfide) groups is 1. The van der Waals surface area contributed by atoms with Crippen molar-refractivity contribution >= 4 is 62.6 Å². The van der Waals surface area contributed by atoms with Crippen molar-refractivity contribution in [1.82, 2.24) is 4.90 Å². The molecule has 0 spiro atoms. The maximum atomic E-state index is 12.6. The predicted molar refractivity (Wildman–Crippen MR) is 111 cm³/mol. The molecule has 2 heterocycles. The van der Waals surface area contributed by atoms with E-state index in [0.29, 0.717) is 17.3 Å². The van der Waals surface area contributed by atoms with E-state index in [1.807, 2.05) is 12.1 Å². The summed E-state index contributed by atoms with van der Waals surface area (Å²) in [7, 11) is 1.59. The molecule has 3 rings (SSSR count). The van der Waals surface area contributed by atoms with E-state index in [-0.39, 0.29) is 11.8 Å². The Morgan fingerprint density at radius 3 is 2.69 bits per heavy atom. The molecule has 26 heavy (non-hydrogen) atoms. The number of halogens is 1. The molecule has 8 heteroatoms. The average molecular weight is 453 g/mol. The monoisotopic (exact) mass is 452 g/mol. The number of thiophene rings is 1. The standard InChI is InChI=1S/C18H17BrN2O3S2/c1-24-13-4-2-12(3-5-13)20-18(23)15-10-25-11-21(15)17(22)9-7-14-6-8-16(19)26-14/h2-9,15H,10-11H2,1H3,(H,20,23)/b9-7+. The number of nitrogens with one attached hydrogen (secondary N) is 1. The van der Waals surface area contributed by atoms with Crippen LogP contribution < -0.4 is 10.1 Å². The van der Waals surface area contributed by atoms with Gasteiger partial charge in [0.1, 0.15) is 11.8 Å². The fourth-order valence-electron chi connectivity index (χ4n) is 2.44. The first-order chi connectivity index (χ1) is 12.6.